The number of carbonyl (C=O) groups is 1. The molecule has 3 heterocycles. The molecule has 1 aliphatic heterocycles. The molecule has 4 rings (SSSR count). The molecule has 6 nitrogen and oxygen atoms in total. The Morgan fingerprint density at radius 2 is 2.00 bits per heavy atom. The van der Waals surface area contributed by atoms with E-state index in [1.807, 2.05) is 23.1 Å². The van der Waals surface area contributed by atoms with E-state index < -0.39 is 0 Å². The van der Waals surface area contributed by atoms with Crippen LogP contribution in [0.25, 0.3) is 11.5 Å². The molecule has 1 aromatic carbocycles. The summed E-state index contributed by atoms with van der Waals surface area (Å²) in [6.07, 6.45) is 3.41. The van der Waals surface area contributed by atoms with E-state index in [9.17, 15) is 9.59 Å². The van der Waals surface area contributed by atoms with Gasteiger partial charge in [0.05, 0.1) is 6.26 Å². The minimum atomic E-state index is -0.181. The van der Waals surface area contributed by atoms with Crippen molar-refractivity contribution in [3.8, 4) is 11.5 Å². The van der Waals surface area contributed by atoms with Crippen LogP contribution in [-0.2, 0) is 17.8 Å². The predicted molar refractivity (Wildman–Crippen MR) is 97.9 cm³/mol. The third-order valence-corrected chi connectivity index (χ3v) is 4.59. The molecule has 132 valence electrons. The summed E-state index contributed by atoms with van der Waals surface area (Å²) < 4.78 is 6.71. The molecule has 2 aromatic heterocycles. The summed E-state index contributed by atoms with van der Waals surface area (Å²) in [5, 5.41) is 4.33. The molecule has 0 unspecified atom stereocenters. The van der Waals surface area contributed by atoms with Crippen LogP contribution in [0.3, 0.4) is 0 Å². The Kier molecular flexibility index (Phi) is 4.39. The first-order valence-electron chi connectivity index (χ1n) is 8.73. The topological polar surface area (TPSA) is 68.3 Å². The van der Waals surface area contributed by atoms with E-state index in [4.69, 9.17) is 4.42 Å². The van der Waals surface area contributed by atoms with Crippen molar-refractivity contribution in [3.05, 3.63) is 70.7 Å². The molecule has 26 heavy (non-hydrogen) atoms. The van der Waals surface area contributed by atoms with Gasteiger partial charge in [-0.25, -0.2) is 4.68 Å². The van der Waals surface area contributed by atoms with Crippen LogP contribution in [0.2, 0.25) is 0 Å². The van der Waals surface area contributed by atoms with E-state index in [1.165, 1.54) is 16.3 Å². The molecule has 1 amide bonds. The molecule has 0 aliphatic carbocycles. The highest BCUT2D eigenvalue weighted by molar-refractivity contribution is 5.95. The summed E-state index contributed by atoms with van der Waals surface area (Å²) in [5.74, 6) is 0.702. The lowest BCUT2D eigenvalue weighted by Gasteiger charge is -2.17. The van der Waals surface area contributed by atoms with Crippen LogP contribution in [0.15, 0.2) is 64.0 Å². The maximum atomic E-state index is 12.5. The van der Waals surface area contributed by atoms with Gasteiger partial charge in [-0.15, -0.1) is 0 Å². The molecule has 0 spiro atoms. The van der Waals surface area contributed by atoms with Crippen molar-refractivity contribution in [1.29, 1.82) is 0 Å². The molecule has 0 bridgehead atoms. The SMILES string of the molecule is O=C(CCCn1nc(-c2ccco2)ccc1=O)N1CCc2ccccc21. The van der Waals surface area contributed by atoms with Gasteiger partial charge in [0.15, 0.2) is 5.76 Å². The molecule has 0 saturated heterocycles. The number of anilines is 1. The monoisotopic (exact) mass is 349 g/mol. The quantitative estimate of drug-likeness (QED) is 0.710. The molecule has 1 aliphatic rings. The fourth-order valence-corrected chi connectivity index (χ4v) is 3.28. The molecule has 0 saturated carbocycles. The van der Waals surface area contributed by atoms with E-state index in [0.29, 0.717) is 30.8 Å². The van der Waals surface area contributed by atoms with Gasteiger partial charge in [-0.2, -0.15) is 5.10 Å². The largest absolute Gasteiger partial charge is 0.463 e. The average molecular weight is 349 g/mol. The number of aromatic nitrogens is 2. The van der Waals surface area contributed by atoms with Gasteiger partial charge < -0.3 is 9.32 Å². The zero-order valence-electron chi connectivity index (χ0n) is 14.3. The molecule has 3 aromatic rings. The van der Waals surface area contributed by atoms with Gasteiger partial charge in [0, 0.05) is 31.3 Å². The first-order chi connectivity index (χ1) is 12.7. The van der Waals surface area contributed by atoms with Crippen molar-refractivity contribution >= 4 is 11.6 Å². The van der Waals surface area contributed by atoms with Gasteiger partial charge >= 0.3 is 0 Å². The molecule has 0 fully saturated rings. The zero-order valence-corrected chi connectivity index (χ0v) is 14.3. The number of amides is 1. The molecule has 6 heteroatoms. The smallest absolute Gasteiger partial charge is 0.266 e. The van der Waals surface area contributed by atoms with Crippen molar-refractivity contribution < 1.29 is 9.21 Å². The third-order valence-electron chi connectivity index (χ3n) is 4.59. The molecule has 0 N–H and O–H groups in total. The first-order valence-corrected chi connectivity index (χ1v) is 8.73. The molecule has 0 radical (unpaired) electrons. The van der Waals surface area contributed by atoms with Crippen molar-refractivity contribution in [2.45, 2.75) is 25.8 Å². The first kappa shape index (κ1) is 16.3. The fraction of sp³-hybridized carbons (Fsp3) is 0.250. The highest BCUT2D eigenvalue weighted by Gasteiger charge is 2.23. The van der Waals surface area contributed by atoms with E-state index in [1.54, 1.807) is 24.5 Å². The van der Waals surface area contributed by atoms with Gasteiger partial charge in [-0.1, -0.05) is 18.2 Å². The summed E-state index contributed by atoms with van der Waals surface area (Å²) >= 11 is 0. The number of carbonyl (C=O) groups excluding carboxylic acids is 1. The summed E-state index contributed by atoms with van der Waals surface area (Å²) in [5.41, 5.74) is 2.64. The normalized spacial score (nSPS) is 13.0. The number of hydrogen-bond donors (Lipinski definition) is 0. The van der Waals surface area contributed by atoms with Crippen molar-refractivity contribution in [2.75, 3.05) is 11.4 Å². The van der Waals surface area contributed by atoms with Crippen LogP contribution in [0.5, 0.6) is 0 Å². The van der Waals surface area contributed by atoms with Crippen molar-refractivity contribution in [1.82, 2.24) is 9.78 Å². The van der Waals surface area contributed by atoms with Crippen LogP contribution < -0.4 is 10.5 Å². The average Bonchev–Trinajstić information content (AvgIpc) is 3.33. The van der Waals surface area contributed by atoms with Crippen molar-refractivity contribution in [2.24, 2.45) is 0 Å². The minimum Gasteiger partial charge on any atom is -0.463 e. The van der Waals surface area contributed by atoms with Crippen LogP contribution in [0.1, 0.15) is 18.4 Å². The van der Waals surface area contributed by atoms with Crippen LogP contribution in [0, 0.1) is 0 Å². The second kappa shape index (κ2) is 7.00. The Balaban J connectivity index is 1.40. The lowest BCUT2D eigenvalue weighted by atomic mass is 10.2. The summed E-state index contributed by atoms with van der Waals surface area (Å²) in [6.45, 7) is 1.12. The molecular weight excluding hydrogens is 330 g/mol. The van der Waals surface area contributed by atoms with Gasteiger partial charge in [-0.05, 0) is 42.7 Å². The summed E-state index contributed by atoms with van der Waals surface area (Å²) in [4.78, 5) is 26.4. The molecular formula is C20H19N3O3. The van der Waals surface area contributed by atoms with Gasteiger partial charge in [0.2, 0.25) is 5.91 Å². The minimum absolute atomic E-state index is 0.0881. The number of aryl methyl sites for hydroxylation is 1. The lowest BCUT2D eigenvalue weighted by Crippen LogP contribution is -2.29. The van der Waals surface area contributed by atoms with Crippen LogP contribution in [0.4, 0.5) is 5.69 Å². The maximum Gasteiger partial charge on any atom is 0.266 e. The number of benzene rings is 1. The second-order valence-corrected chi connectivity index (χ2v) is 6.28. The van der Waals surface area contributed by atoms with Crippen molar-refractivity contribution in [3.63, 3.8) is 0 Å². The van der Waals surface area contributed by atoms with E-state index in [2.05, 4.69) is 11.2 Å². The Hall–Kier alpha value is -3.15. The number of rotatable bonds is 5. The third kappa shape index (κ3) is 3.18. The highest BCUT2D eigenvalue weighted by atomic mass is 16.3. The van der Waals surface area contributed by atoms with Gasteiger partial charge in [0.1, 0.15) is 5.69 Å². The Morgan fingerprint density at radius 1 is 1.12 bits per heavy atom. The zero-order chi connectivity index (χ0) is 17.9. The standard InChI is InChI=1S/C20H19N3O3/c24-19(22-13-11-15-5-1-2-6-17(15)22)8-3-12-23-20(25)10-9-16(21-23)18-7-4-14-26-18/h1-2,4-7,9-10,14H,3,8,11-13H2. The Morgan fingerprint density at radius 3 is 2.85 bits per heavy atom. The maximum absolute atomic E-state index is 12.5. The Bertz CT molecular complexity index is 976. The van der Waals surface area contributed by atoms with Gasteiger partial charge in [0.25, 0.3) is 5.56 Å². The molecule has 0 atom stereocenters. The summed E-state index contributed by atoms with van der Waals surface area (Å²) in [6, 6.07) is 14.7. The second-order valence-electron chi connectivity index (χ2n) is 6.28. The number of hydrogen-bond acceptors (Lipinski definition) is 4. The highest BCUT2D eigenvalue weighted by Crippen LogP contribution is 2.28. The predicted octanol–water partition coefficient (Wildman–Crippen LogP) is 2.87. The van der Waals surface area contributed by atoms with E-state index in [-0.39, 0.29) is 11.5 Å². The Labute approximate surface area is 150 Å². The number of nitrogens with zero attached hydrogens (tertiary/aromatic N) is 3. The van der Waals surface area contributed by atoms with Crippen LogP contribution in [-0.4, -0.2) is 22.2 Å². The number of fused-ring (bicyclic) bond motifs is 1. The van der Waals surface area contributed by atoms with E-state index in [0.717, 1.165) is 18.7 Å². The number of para-hydroxylation sites is 1. The summed E-state index contributed by atoms with van der Waals surface area (Å²) in [7, 11) is 0. The fourth-order valence-electron chi connectivity index (χ4n) is 3.28. The van der Waals surface area contributed by atoms with E-state index >= 15 is 0 Å². The lowest BCUT2D eigenvalue weighted by molar-refractivity contribution is -0.118. The van der Waals surface area contributed by atoms with Gasteiger partial charge in [-0.3, -0.25) is 9.59 Å². The number of furan rings is 1. The van der Waals surface area contributed by atoms with Crippen LogP contribution >= 0.6 is 0 Å².